The second kappa shape index (κ2) is 6.86. The van der Waals surface area contributed by atoms with Gasteiger partial charge < -0.3 is 15.7 Å². The summed E-state index contributed by atoms with van der Waals surface area (Å²) in [5.41, 5.74) is 0. The predicted molar refractivity (Wildman–Crippen MR) is 47.9 cm³/mol. The molecule has 6 heteroatoms. The van der Waals surface area contributed by atoms with Crippen molar-refractivity contribution in [2.45, 2.75) is 6.92 Å². The van der Waals surface area contributed by atoms with Crippen molar-refractivity contribution in [2.24, 2.45) is 5.92 Å². The van der Waals surface area contributed by atoms with Gasteiger partial charge in [0.1, 0.15) is 6.54 Å². The Morgan fingerprint density at radius 1 is 1.43 bits per heavy atom. The van der Waals surface area contributed by atoms with Crippen molar-refractivity contribution in [2.75, 3.05) is 19.7 Å². The van der Waals surface area contributed by atoms with Gasteiger partial charge in [-0.1, -0.05) is 6.92 Å². The second-order valence-corrected chi connectivity index (χ2v) is 2.84. The van der Waals surface area contributed by atoms with E-state index in [-0.39, 0.29) is 25.6 Å². The largest absolute Gasteiger partial charge is 0.396 e. The number of nitrogens with zero attached hydrogens (tertiary/aromatic N) is 1. The highest BCUT2D eigenvalue weighted by Crippen LogP contribution is 1.87. The van der Waals surface area contributed by atoms with E-state index in [0.29, 0.717) is 0 Å². The van der Waals surface area contributed by atoms with Crippen LogP contribution in [0.5, 0.6) is 0 Å². The van der Waals surface area contributed by atoms with Crippen LogP contribution < -0.4 is 10.6 Å². The minimum Gasteiger partial charge on any atom is -0.396 e. The number of aliphatic hydroxyl groups is 1. The molecule has 0 aromatic carbocycles. The lowest BCUT2D eigenvalue weighted by Gasteiger charge is -2.08. The Kier molecular flexibility index (Phi) is 6.07. The highest BCUT2D eigenvalue weighted by molar-refractivity contribution is 6.35. The Bertz CT molecular complexity index is 247. The van der Waals surface area contributed by atoms with Crippen LogP contribution in [0.1, 0.15) is 6.92 Å². The number of nitriles is 1. The monoisotopic (exact) mass is 199 g/mol. The van der Waals surface area contributed by atoms with Crippen LogP contribution in [-0.4, -0.2) is 36.6 Å². The normalized spacial score (nSPS) is 11.2. The molecule has 3 N–H and O–H groups in total. The Labute approximate surface area is 81.9 Å². The van der Waals surface area contributed by atoms with E-state index in [2.05, 4.69) is 10.6 Å². The van der Waals surface area contributed by atoms with Gasteiger partial charge in [0.05, 0.1) is 6.07 Å². The van der Waals surface area contributed by atoms with Gasteiger partial charge in [-0.25, -0.2) is 0 Å². The molecule has 14 heavy (non-hydrogen) atoms. The van der Waals surface area contributed by atoms with Crippen LogP contribution in [0, 0.1) is 17.2 Å². The Hall–Kier alpha value is -1.61. The average molecular weight is 199 g/mol. The molecule has 0 saturated carbocycles. The maximum absolute atomic E-state index is 11.0. The predicted octanol–water partition coefficient (Wildman–Crippen LogP) is -1.63. The highest BCUT2D eigenvalue weighted by atomic mass is 16.3. The Morgan fingerprint density at radius 2 is 2.00 bits per heavy atom. The second-order valence-electron chi connectivity index (χ2n) is 2.84. The zero-order valence-corrected chi connectivity index (χ0v) is 7.91. The molecular formula is C8H13N3O3. The first-order chi connectivity index (χ1) is 6.61. The number of nitrogens with one attached hydrogen (secondary N) is 2. The maximum Gasteiger partial charge on any atom is 0.310 e. The fourth-order valence-corrected chi connectivity index (χ4v) is 0.612. The third-order valence-electron chi connectivity index (χ3n) is 1.46. The summed E-state index contributed by atoms with van der Waals surface area (Å²) in [5, 5.41) is 21.2. The van der Waals surface area contributed by atoms with Crippen molar-refractivity contribution in [3.63, 3.8) is 0 Å². The Balaban J connectivity index is 3.74. The van der Waals surface area contributed by atoms with Crippen molar-refractivity contribution in [1.29, 1.82) is 5.26 Å². The highest BCUT2D eigenvalue weighted by Gasteiger charge is 2.12. The van der Waals surface area contributed by atoms with E-state index < -0.39 is 11.8 Å². The third-order valence-corrected chi connectivity index (χ3v) is 1.46. The number of aliphatic hydroxyl groups excluding tert-OH is 1. The summed E-state index contributed by atoms with van der Waals surface area (Å²) in [6, 6.07) is 1.68. The summed E-state index contributed by atoms with van der Waals surface area (Å²) in [4.78, 5) is 21.8. The van der Waals surface area contributed by atoms with Crippen molar-refractivity contribution >= 4 is 11.8 Å². The van der Waals surface area contributed by atoms with Gasteiger partial charge in [0.15, 0.2) is 0 Å². The van der Waals surface area contributed by atoms with Crippen molar-refractivity contribution in [1.82, 2.24) is 10.6 Å². The zero-order chi connectivity index (χ0) is 11.0. The summed E-state index contributed by atoms with van der Waals surface area (Å²) in [7, 11) is 0. The number of hydrogen-bond donors (Lipinski definition) is 3. The van der Waals surface area contributed by atoms with E-state index in [1.165, 1.54) is 0 Å². The maximum atomic E-state index is 11.0. The average Bonchev–Trinajstić information content (AvgIpc) is 2.21. The van der Waals surface area contributed by atoms with Crippen molar-refractivity contribution < 1.29 is 14.7 Å². The molecule has 0 rings (SSSR count). The molecule has 0 bridgehead atoms. The van der Waals surface area contributed by atoms with Crippen LogP contribution in [0.2, 0.25) is 0 Å². The van der Waals surface area contributed by atoms with E-state index in [9.17, 15) is 9.59 Å². The van der Waals surface area contributed by atoms with Crippen molar-refractivity contribution in [3.8, 4) is 6.07 Å². The fraction of sp³-hybridized carbons (Fsp3) is 0.625. The van der Waals surface area contributed by atoms with Gasteiger partial charge in [-0.15, -0.1) is 0 Å². The van der Waals surface area contributed by atoms with Crippen LogP contribution in [0.25, 0.3) is 0 Å². The molecule has 0 fully saturated rings. The summed E-state index contributed by atoms with van der Waals surface area (Å²) in [6.45, 7) is 1.71. The lowest BCUT2D eigenvalue weighted by atomic mass is 10.2. The van der Waals surface area contributed by atoms with Crippen LogP contribution in [0.3, 0.4) is 0 Å². The smallest absolute Gasteiger partial charge is 0.310 e. The number of amides is 2. The molecule has 0 spiro atoms. The topological polar surface area (TPSA) is 102 Å². The van der Waals surface area contributed by atoms with Gasteiger partial charge in [0, 0.05) is 13.2 Å². The Morgan fingerprint density at radius 3 is 2.50 bits per heavy atom. The molecule has 78 valence electrons. The lowest BCUT2D eigenvalue weighted by Crippen LogP contribution is -2.41. The molecule has 0 aromatic rings. The van der Waals surface area contributed by atoms with Crippen LogP contribution in [0.15, 0.2) is 0 Å². The minimum atomic E-state index is -0.836. The molecular weight excluding hydrogens is 186 g/mol. The van der Waals surface area contributed by atoms with Crippen molar-refractivity contribution in [3.05, 3.63) is 0 Å². The van der Waals surface area contributed by atoms with E-state index in [1.54, 1.807) is 13.0 Å². The van der Waals surface area contributed by atoms with Gasteiger partial charge in [-0.3, -0.25) is 9.59 Å². The summed E-state index contributed by atoms with van der Waals surface area (Å²) < 4.78 is 0. The molecule has 1 unspecified atom stereocenters. The first kappa shape index (κ1) is 12.4. The summed E-state index contributed by atoms with van der Waals surface area (Å²) in [6.07, 6.45) is 0. The first-order valence-corrected chi connectivity index (χ1v) is 4.15. The van der Waals surface area contributed by atoms with E-state index in [0.717, 1.165) is 0 Å². The summed E-state index contributed by atoms with van der Waals surface area (Å²) >= 11 is 0. The molecule has 0 heterocycles. The molecule has 6 nitrogen and oxygen atoms in total. The number of hydrogen-bond acceptors (Lipinski definition) is 4. The third kappa shape index (κ3) is 5.11. The number of carbonyl (C=O) groups is 2. The van der Waals surface area contributed by atoms with E-state index in [4.69, 9.17) is 10.4 Å². The fourth-order valence-electron chi connectivity index (χ4n) is 0.612. The van der Waals surface area contributed by atoms with Gasteiger partial charge in [-0.05, 0) is 5.92 Å². The minimum absolute atomic E-state index is 0.0555. The van der Waals surface area contributed by atoms with Crippen LogP contribution >= 0.6 is 0 Å². The van der Waals surface area contributed by atoms with Crippen LogP contribution in [-0.2, 0) is 9.59 Å². The molecule has 0 aromatic heterocycles. The van der Waals surface area contributed by atoms with Crippen LogP contribution in [0.4, 0.5) is 0 Å². The zero-order valence-electron chi connectivity index (χ0n) is 7.91. The van der Waals surface area contributed by atoms with Gasteiger partial charge in [0.2, 0.25) is 0 Å². The first-order valence-electron chi connectivity index (χ1n) is 4.15. The van der Waals surface area contributed by atoms with Gasteiger partial charge in [0.25, 0.3) is 0 Å². The molecule has 0 aliphatic rings. The molecule has 0 aliphatic carbocycles. The molecule has 2 amide bonds. The number of rotatable bonds is 4. The molecule has 0 radical (unpaired) electrons. The van der Waals surface area contributed by atoms with E-state index in [1.807, 2.05) is 0 Å². The quantitative estimate of drug-likeness (QED) is 0.373. The molecule has 0 aliphatic heterocycles. The molecule has 0 saturated heterocycles. The SMILES string of the molecule is CC(CO)CNC(=O)C(=O)NCC#N. The summed E-state index contributed by atoms with van der Waals surface area (Å²) in [5.74, 6) is -1.72. The molecule has 1 atom stereocenters. The van der Waals surface area contributed by atoms with Gasteiger partial charge >= 0.3 is 11.8 Å². The van der Waals surface area contributed by atoms with E-state index >= 15 is 0 Å². The standard InChI is InChI=1S/C8H13N3O3/c1-6(5-12)4-11-8(14)7(13)10-3-2-9/h6,12H,3-5H2,1H3,(H,10,13)(H,11,14). The lowest BCUT2D eigenvalue weighted by molar-refractivity contribution is -0.139. The van der Waals surface area contributed by atoms with Gasteiger partial charge in [-0.2, -0.15) is 5.26 Å². The number of carbonyl (C=O) groups excluding carboxylic acids is 2.